The smallest absolute Gasteiger partial charge is 0.238 e. The first-order chi connectivity index (χ1) is 14.7. The van der Waals surface area contributed by atoms with Crippen LogP contribution in [0.5, 0.6) is 5.75 Å². The summed E-state index contributed by atoms with van der Waals surface area (Å²) >= 11 is 0. The van der Waals surface area contributed by atoms with Crippen molar-refractivity contribution in [1.82, 2.24) is 14.5 Å². The number of piperazine rings is 1. The van der Waals surface area contributed by atoms with Gasteiger partial charge in [-0.2, -0.15) is 0 Å². The molecule has 8 heteroatoms. The average molecular weight is 409 g/mol. The third-order valence-electron chi connectivity index (χ3n) is 5.14. The molecule has 2 aromatic carbocycles. The van der Waals surface area contributed by atoms with E-state index in [-0.39, 0.29) is 11.7 Å². The van der Waals surface area contributed by atoms with Crippen molar-refractivity contribution in [3.63, 3.8) is 0 Å². The number of para-hydroxylation sites is 3. The van der Waals surface area contributed by atoms with Gasteiger partial charge in [-0.1, -0.05) is 24.3 Å². The summed E-state index contributed by atoms with van der Waals surface area (Å²) in [7, 11) is 1.58. The normalized spacial score (nSPS) is 14.5. The number of nitrogens with zero attached hydrogens (tertiary/aromatic N) is 4. The van der Waals surface area contributed by atoms with E-state index in [0.29, 0.717) is 55.8 Å². The van der Waals surface area contributed by atoms with Gasteiger partial charge in [-0.3, -0.25) is 14.3 Å². The number of halogens is 1. The highest BCUT2D eigenvalue weighted by Gasteiger charge is 2.23. The van der Waals surface area contributed by atoms with E-state index in [1.54, 1.807) is 42.3 Å². The number of imidazole rings is 1. The van der Waals surface area contributed by atoms with Gasteiger partial charge in [0, 0.05) is 38.6 Å². The van der Waals surface area contributed by atoms with Crippen molar-refractivity contribution in [2.24, 2.45) is 0 Å². The second kappa shape index (κ2) is 8.96. The number of carbonyl (C=O) groups is 1. The van der Waals surface area contributed by atoms with Crippen LogP contribution >= 0.6 is 0 Å². The van der Waals surface area contributed by atoms with Gasteiger partial charge in [0.2, 0.25) is 11.9 Å². The molecular weight excluding hydrogens is 385 g/mol. The number of aromatic nitrogens is 2. The Kier molecular flexibility index (Phi) is 5.94. The summed E-state index contributed by atoms with van der Waals surface area (Å²) in [6.07, 6.45) is 3.44. The molecular formula is C22H24FN5O2. The highest BCUT2D eigenvalue weighted by molar-refractivity contribution is 5.93. The second-order valence-corrected chi connectivity index (χ2v) is 7.06. The van der Waals surface area contributed by atoms with Crippen LogP contribution in [0.4, 0.5) is 16.0 Å². The minimum Gasteiger partial charge on any atom is -0.495 e. The van der Waals surface area contributed by atoms with Gasteiger partial charge >= 0.3 is 0 Å². The molecule has 1 saturated heterocycles. The van der Waals surface area contributed by atoms with Crippen LogP contribution in [0.1, 0.15) is 0 Å². The molecule has 1 amide bonds. The largest absolute Gasteiger partial charge is 0.495 e. The van der Waals surface area contributed by atoms with Crippen LogP contribution in [0.2, 0.25) is 0 Å². The van der Waals surface area contributed by atoms with Crippen LogP contribution in [-0.4, -0.2) is 60.2 Å². The fourth-order valence-electron chi connectivity index (χ4n) is 3.61. The van der Waals surface area contributed by atoms with Crippen molar-refractivity contribution in [3.8, 4) is 11.4 Å². The molecule has 0 unspecified atom stereocenters. The molecule has 0 radical (unpaired) electrons. The number of hydrogen-bond acceptors (Lipinski definition) is 5. The van der Waals surface area contributed by atoms with E-state index in [9.17, 15) is 9.18 Å². The molecule has 4 rings (SSSR count). The number of anilines is 2. The van der Waals surface area contributed by atoms with Gasteiger partial charge in [0.05, 0.1) is 25.0 Å². The van der Waals surface area contributed by atoms with Crippen molar-refractivity contribution in [2.75, 3.05) is 50.1 Å². The summed E-state index contributed by atoms with van der Waals surface area (Å²) in [5.74, 6) is 0.970. The summed E-state index contributed by atoms with van der Waals surface area (Å²) in [4.78, 5) is 21.1. The van der Waals surface area contributed by atoms with Gasteiger partial charge in [0.15, 0.2) is 0 Å². The van der Waals surface area contributed by atoms with Crippen LogP contribution in [0.3, 0.4) is 0 Å². The summed E-state index contributed by atoms with van der Waals surface area (Å²) in [5, 5.41) is 2.91. The molecule has 1 aliphatic heterocycles. The summed E-state index contributed by atoms with van der Waals surface area (Å²) in [6.45, 7) is 3.13. The summed E-state index contributed by atoms with van der Waals surface area (Å²) in [6, 6.07) is 14.0. The fraction of sp³-hybridized carbons (Fsp3) is 0.273. The zero-order valence-corrected chi connectivity index (χ0v) is 16.8. The molecule has 1 aliphatic rings. The first-order valence-corrected chi connectivity index (χ1v) is 9.84. The Morgan fingerprint density at radius 1 is 1.10 bits per heavy atom. The predicted molar refractivity (Wildman–Crippen MR) is 114 cm³/mol. The van der Waals surface area contributed by atoms with Crippen LogP contribution < -0.4 is 15.0 Å². The molecule has 0 atom stereocenters. The standard InChI is InChI=1S/C22H24FN5O2/c1-30-20-9-5-3-7-18(20)25-21(29)16-26-12-14-27(15-13-26)22-24-10-11-28(22)19-8-4-2-6-17(19)23/h2-11H,12-16H2,1H3,(H,25,29). The number of hydrogen-bond donors (Lipinski definition) is 1. The van der Waals surface area contributed by atoms with E-state index >= 15 is 0 Å². The van der Waals surface area contributed by atoms with Gasteiger partial charge in [-0.05, 0) is 24.3 Å². The molecule has 7 nitrogen and oxygen atoms in total. The van der Waals surface area contributed by atoms with E-state index in [2.05, 4.69) is 20.1 Å². The Hall–Kier alpha value is -3.39. The highest BCUT2D eigenvalue weighted by atomic mass is 19.1. The Morgan fingerprint density at radius 2 is 1.83 bits per heavy atom. The molecule has 1 fully saturated rings. The predicted octanol–water partition coefficient (Wildman–Crippen LogP) is 2.78. The molecule has 0 saturated carbocycles. The quantitative estimate of drug-likeness (QED) is 0.678. The van der Waals surface area contributed by atoms with E-state index in [1.807, 2.05) is 24.3 Å². The Bertz CT molecular complexity index is 1010. The first kappa shape index (κ1) is 19.9. The molecule has 0 bridgehead atoms. The lowest BCUT2D eigenvalue weighted by Gasteiger charge is -2.35. The maximum atomic E-state index is 14.2. The number of methoxy groups -OCH3 is 1. The topological polar surface area (TPSA) is 62.6 Å². The SMILES string of the molecule is COc1ccccc1NC(=O)CN1CCN(c2nccn2-c2ccccc2F)CC1. The van der Waals surface area contributed by atoms with E-state index < -0.39 is 0 Å². The monoisotopic (exact) mass is 409 g/mol. The number of ether oxygens (including phenoxy) is 1. The minimum atomic E-state index is -0.289. The first-order valence-electron chi connectivity index (χ1n) is 9.84. The van der Waals surface area contributed by atoms with Gasteiger partial charge in [-0.15, -0.1) is 0 Å². The maximum absolute atomic E-state index is 14.2. The highest BCUT2D eigenvalue weighted by Crippen LogP contribution is 2.24. The lowest BCUT2D eigenvalue weighted by atomic mass is 10.2. The van der Waals surface area contributed by atoms with Crippen LogP contribution in [-0.2, 0) is 4.79 Å². The van der Waals surface area contributed by atoms with Gasteiger partial charge in [-0.25, -0.2) is 9.37 Å². The van der Waals surface area contributed by atoms with Gasteiger partial charge in [0.25, 0.3) is 0 Å². The van der Waals surface area contributed by atoms with Crippen molar-refractivity contribution >= 4 is 17.5 Å². The number of amides is 1. The molecule has 1 N–H and O–H groups in total. The van der Waals surface area contributed by atoms with Crippen molar-refractivity contribution in [1.29, 1.82) is 0 Å². The lowest BCUT2D eigenvalue weighted by molar-refractivity contribution is -0.117. The van der Waals surface area contributed by atoms with Gasteiger partial charge in [0.1, 0.15) is 11.6 Å². The summed E-state index contributed by atoms with van der Waals surface area (Å²) < 4.78 is 21.2. The average Bonchev–Trinajstić information content (AvgIpc) is 3.24. The van der Waals surface area contributed by atoms with E-state index in [0.717, 1.165) is 0 Å². The van der Waals surface area contributed by atoms with E-state index in [1.165, 1.54) is 6.07 Å². The van der Waals surface area contributed by atoms with E-state index in [4.69, 9.17) is 4.74 Å². The van der Waals surface area contributed by atoms with Gasteiger partial charge < -0.3 is 15.0 Å². The van der Waals surface area contributed by atoms with Crippen molar-refractivity contribution in [2.45, 2.75) is 0 Å². The number of carbonyl (C=O) groups excluding carboxylic acids is 1. The maximum Gasteiger partial charge on any atom is 0.238 e. The van der Waals surface area contributed by atoms with Crippen LogP contribution in [0.15, 0.2) is 60.9 Å². The second-order valence-electron chi connectivity index (χ2n) is 7.06. The molecule has 0 spiro atoms. The zero-order chi connectivity index (χ0) is 20.9. The number of benzene rings is 2. The Morgan fingerprint density at radius 3 is 2.60 bits per heavy atom. The molecule has 0 aliphatic carbocycles. The fourth-order valence-corrected chi connectivity index (χ4v) is 3.61. The van der Waals surface area contributed by atoms with Crippen molar-refractivity contribution < 1.29 is 13.9 Å². The van der Waals surface area contributed by atoms with Crippen LogP contribution in [0.25, 0.3) is 5.69 Å². The van der Waals surface area contributed by atoms with Crippen LogP contribution in [0, 0.1) is 5.82 Å². The molecule has 1 aromatic heterocycles. The molecule has 2 heterocycles. The molecule has 156 valence electrons. The van der Waals surface area contributed by atoms with Crippen molar-refractivity contribution in [3.05, 3.63) is 66.7 Å². The third-order valence-corrected chi connectivity index (χ3v) is 5.14. The number of rotatable bonds is 6. The zero-order valence-electron chi connectivity index (χ0n) is 16.8. The summed E-state index contributed by atoms with van der Waals surface area (Å²) in [5.41, 5.74) is 1.14. The molecule has 3 aromatic rings. The lowest BCUT2D eigenvalue weighted by Crippen LogP contribution is -2.49. The third kappa shape index (κ3) is 4.28. The minimum absolute atomic E-state index is 0.0826. The number of nitrogens with one attached hydrogen (secondary N) is 1. The molecule has 30 heavy (non-hydrogen) atoms. The Balaban J connectivity index is 1.35. The Labute approximate surface area is 174 Å².